The van der Waals surface area contributed by atoms with Crippen LogP contribution in [0.25, 0.3) is 0 Å². The molecule has 0 unspecified atom stereocenters. The minimum atomic E-state index is -3.12. The summed E-state index contributed by atoms with van der Waals surface area (Å²) in [6.45, 7) is 1.18. The molecule has 0 aliphatic rings. The Labute approximate surface area is 168 Å². The number of nitro groups is 1. The summed E-state index contributed by atoms with van der Waals surface area (Å²) in [7, 11) is 0. The smallest absolute Gasteiger partial charge is 0.319 e. The van der Waals surface area contributed by atoms with Crippen molar-refractivity contribution in [3.05, 3.63) is 68.7 Å². The second kappa shape index (κ2) is 8.35. The lowest BCUT2D eigenvalue weighted by molar-refractivity contribution is -0.386. The van der Waals surface area contributed by atoms with E-state index < -0.39 is 35.2 Å². The Morgan fingerprint density at radius 1 is 1.38 bits per heavy atom. The SMILES string of the molecule is Cc1c([N+](=O)[O-])c(C(F)F)nn1CC(=O)Nc1cnn(Cc2ccccc2Cl)c1. The largest absolute Gasteiger partial charge is 0.322 e. The number of rotatable bonds is 7. The molecule has 2 aromatic heterocycles. The second-order valence-electron chi connectivity index (χ2n) is 6.10. The minimum Gasteiger partial charge on any atom is -0.322 e. The van der Waals surface area contributed by atoms with E-state index in [0.717, 1.165) is 10.2 Å². The molecule has 0 spiro atoms. The maximum absolute atomic E-state index is 13.0. The van der Waals surface area contributed by atoms with E-state index in [2.05, 4.69) is 15.5 Å². The lowest BCUT2D eigenvalue weighted by Crippen LogP contribution is -2.20. The average Bonchev–Trinajstić information content (AvgIpc) is 3.21. The van der Waals surface area contributed by atoms with E-state index in [1.54, 1.807) is 16.9 Å². The molecule has 1 aromatic carbocycles. The molecule has 9 nitrogen and oxygen atoms in total. The van der Waals surface area contributed by atoms with Crippen LogP contribution in [-0.4, -0.2) is 30.4 Å². The first-order valence-corrected chi connectivity index (χ1v) is 8.69. The predicted octanol–water partition coefficient (Wildman–Crippen LogP) is 3.57. The van der Waals surface area contributed by atoms with Crippen LogP contribution in [0.4, 0.5) is 20.2 Å². The van der Waals surface area contributed by atoms with Crippen molar-refractivity contribution in [2.75, 3.05) is 5.32 Å². The van der Waals surface area contributed by atoms with Crippen molar-refractivity contribution in [3.63, 3.8) is 0 Å². The number of aromatic nitrogens is 4. The van der Waals surface area contributed by atoms with Crippen LogP contribution < -0.4 is 5.32 Å². The van der Waals surface area contributed by atoms with E-state index in [1.165, 1.54) is 13.1 Å². The van der Waals surface area contributed by atoms with Gasteiger partial charge in [0.1, 0.15) is 12.2 Å². The van der Waals surface area contributed by atoms with Crippen molar-refractivity contribution >= 4 is 28.9 Å². The summed E-state index contributed by atoms with van der Waals surface area (Å²) in [5.74, 6) is -0.594. The van der Waals surface area contributed by atoms with Crippen molar-refractivity contribution in [3.8, 4) is 0 Å². The fraction of sp³-hybridized carbons (Fsp3) is 0.235. The summed E-state index contributed by atoms with van der Waals surface area (Å²) >= 11 is 6.11. The maximum atomic E-state index is 13.0. The molecule has 152 valence electrons. The van der Waals surface area contributed by atoms with Gasteiger partial charge in [0.05, 0.1) is 23.4 Å². The van der Waals surface area contributed by atoms with Gasteiger partial charge >= 0.3 is 5.69 Å². The zero-order valence-corrected chi connectivity index (χ0v) is 15.8. The number of benzene rings is 1. The van der Waals surface area contributed by atoms with Crippen LogP contribution in [-0.2, 0) is 17.9 Å². The summed E-state index contributed by atoms with van der Waals surface area (Å²) < 4.78 is 28.4. The maximum Gasteiger partial charge on any atom is 0.319 e. The van der Waals surface area contributed by atoms with Crippen LogP contribution in [0, 0.1) is 17.0 Å². The first-order valence-electron chi connectivity index (χ1n) is 8.31. The lowest BCUT2D eigenvalue weighted by Gasteiger charge is -2.05. The zero-order valence-electron chi connectivity index (χ0n) is 15.1. The minimum absolute atomic E-state index is 0.130. The topological polar surface area (TPSA) is 108 Å². The van der Waals surface area contributed by atoms with E-state index in [9.17, 15) is 23.7 Å². The molecule has 29 heavy (non-hydrogen) atoms. The van der Waals surface area contributed by atoms with Gasteiger partial charge in [0.15, 0.2) is 0 Å². The normalized spacial score (nSPS) is 11.1. The van der Waals surface area contributed by atoms with E-state index >= 15 is 0 Å². The van der Waals surface area contributed by atoms with Gasteiger partial charge in [-0.1, -0.05) is 29.8 Å². The third-order valence-electron chi connectivity index (χ3n) is 4.09. The molecule has 0 aliphatic heterocycles. The summed E-state index contributed by atoms with van der Waals surface area (Å²) in [4.78, 5) is 22.3. The third kappa shape index (κ3) is 4.57. The highest BCUT2D eigenvalue weighted by Gasteiger charge is 2.31. The molecule has 1 N–H and O–H groups in total. The number of amides is 1. The Hall–Kier alpha value is -3.34. The molecule has 0 saturated heterocycles. The number of hydrogen-bond acceptors (Lipinski definition) is 5. The molecule has 0 fully saturated rings. The summed E-state index contributed by atoms with van der Waals surface area (Å²) in [6, 6.07) is 7.24. The lowest BCUT2D eigenvalue weighted by atomic mass is 10.2. The summed E-state index contributed by atoms with van der Waals surface area (Å²) in [5.41, 5.74) is -0.673. The molecular weight excluding hydrogens is 410 g/mol. The van der Waals surface area contributed by atoms with Crippen molar-refractivity contribution in [1.29, 1.82) is 0 Å². The molecule has 0 bridgehead atoms. The highest BCUT2D eigenvalue weighted by Crippen LogP contribution is 2.30. The van der Waals surface area contributed by atoms with Crippen LogP contribution >= 0.6 is 11.6 Å². The van der Waals surface area contributed by atoms with Gasteiger partial charge in [-0.15, -0.1) is 0 Å². The van der Waals surface area contributed by atoms with E-state index in [4.69, 9.17) is 11.6 Å². The van der Waals surface area contributed by atoms with E-state index in [0.29, 0.717) is 17.3 Å². The number of hydrogen-bond donors (Lipinski definition) is 1. The first kappa shape index (κ1) is 20.4. The molecule has 1 amide bonds. The Bertz CT molecular complexity index is 1070. The predicted molar refractivity (Wildman–Crippen MR) is 100.0 cm³/mol. The second-order valence-corrected chi connectivity index (χ2v) is 6.51. The van der Waals surface area contributed by atoms with Gasteiger partial charge in [0, 0.05) is 11.2 Å². The molecule has 3 rings (SSSR count). The molecule has 0 atom stereocenters. The van der Waals surface area contributed by atoms with Crippen molar-refractivity contribution in [1.82, 2.24) is 19.6 Å². The number of alkyl halides is 2. The van der Waals surface area contributed by atoms with Crippen molar-refractivity contribution < 1.29 is 18.5 Å². The number of carbonyl (C=O) groups is 1. The van der Waals surface area contributed by atoms with Gasteiger partial charge in [-0.3, -0.25) is 24.3 Å². The Morgan fingerprint density at radius 3 is 2.72 bits per heavy atom. The number of nitrogens with zero attached hydrogens (tertiary/aromatic N) is 5. The van der Waals surface area contributed by atoms with E-state index in [1.807, 2.05) is 18.2 Å². The van der Waals surface area contributed by atoms with Gasteiger partial charge in [-0.05, 0) is 18.6 Å². The van der Waals surface area contributed by atoms with Gasteiger partial charge < -0.3 is 5.32 Å². The van der Waals surface area contributed by atoms with Crippen molar-refractivity contribution in [2.24, 2.45) is 0 Å². The van der Waals surface area contributed by atoms with Crippen LogP contribution in [0.15, 0.2) is 36.7 Å². The van der Waals surface area contributed by atoms with Crippen LogP contribution in [0.1, 0.15) is 23.4 Å². The van der Waals surface area contributed by atoms with Crippen molar-refractivity contribution in [2.45, 2.75) is 26.4 Å². The first-order chi connectivity index (χ1) is 13.8. The monoisotopic (exact) mass is 424 g/mol. The summed E-state index contributed by atoms with van der Waals surface area (Å²) in [5, 5.41) is 21.8. The fourth-order valence-corrected chi connectivity index (χ4v) is 2.93. The molecule has 0 radical (unpaired) electrons. The molecular formula is C17H15ClF2N6O3. The molecule has 0 saturated carbocycles. The van der Waals surface area contributed by atoms with Gasteiger partial charge in [-0.2, -0.15) is 10.2 Å². The standard InChI is InChI=1S/C17H15ClF2N6O3/c1-10-16(26(28)29)15(17(19)20)23-25(10)9-14(27)22-12-6-21-24(8-12)7-11-4-2-3-5-13(11)18/h2-6,8,17H,7,9H2,1H3,(H,22,27). The van der Waals surface area contributed by atoms with Gasteiger partial charge in [0.2, 0.25) is 11.6 Å². The van der Waals surface area contributed by atoms with Crippen LogP contribution in [0.2, 0.25) is 5.02 Å². The van der Waals surface area contributed by atoms with Gasteiger partial charge in [-0.25, -0.2) is 8.78 Å². The number of nitrogens with one attached hydrogen (secondary N) is 1. The number of carbonyl (C=O) groups excluding carboxylic acids is 1. The molecule has 0 aliphatic carbocycles. The van der Waals surface area contributed by atoms with Crippen LogP contribution in [0.3, 0.4) is 0 Å². The Balaban J connectivity index is 1.69. The van der Waals surface area contributed by atoms with Crippen LogP contribution in [0.5, 0.6) is 0 Å². The number of halogens is 3. The Kier molecular flexibility index (Phi) is 5.87. The average molecular weight is 425 g/mol. The highest BCUT2D eigenvalue weighted by atomic mass is 35.5. The Morgan fingerprint density at radius 2 is 2.10 bits per heavy atom. The zero-order chi connectivity index (χ0) is 21.1. The molecule has 3 aromatic rings. The quantitative estimate of drug-likeness (QED) is 0.460. The fourth-order valence-electron chi connectivity index (χ4n) is 2.74. The molecule has 2 heterocycles. The molecule has 12 heteroatoms. The number of anilines is 1. The third-order valence-corrected chi connectivity index (χ3v) is 4.46. The van der Waals surface area contributed by atoms with Gasteiger partial charge in [0.25, 0.3) is 6.43 Å². The van der Waals surface area contributed by atoms with E-state index in [-0.39, 0.29) is 5.69 Å². The summed E-state index contributed by atoms with van der Waals surface area (Å²) in [6.07, 6.45) is -0.136. The highest BCUT2D eigenvalue weighted by molar-refractivity contribution is 6.31.